The number of rotatable bonds is 5. The maximum absolute atomic E-state index is 13.4. The van der Waals surface area contributed by atoms with E-state index >= 15 is 0 Å². The maximum atomic E-state index is 13.4. The third-order valence-corrected chi connectivity index (χ3v) is 6.96. The molecule has 1 aliphatic heterocycles. The average Bonchev–Trinajstić information content (AvgIpc) is 3.05. The Balaban J connectivity index is 2.09. The predicted octanol–water partition coefficient (Wildman–Crippen LogP) is 3.16. The summed E-state index contributed by atoms with van der Waals surface area (Å²) >= 11 is 5.82. The number of benzene rings is 2. The molecule has 2 atom stereocenters. The van der Waals surface area contributed by atoms with Gasteiger partial charge in [-0.2, -0.15) is 4.31 Å². The molecular formula is C20H23ClN2O4S. The second kappa shape index (κ2) is 8.11. The topological polar surface area (TPSA) is 66.9 Å². The smallest absolute Gasteiger partial charge is 0.245 e. The van der Waals surface area contributed by atoms with E-state index < -0.39 is 16.2 Å². The molecule has 0 saturated carbocycles. The summed E-state index contributed by atoms with van der Waals surface area (Å²) in [5, 5.41) is 0. The Morgan fingerprint density at radius 3 is 2.29 bits per heavy atom. The highest BCUT2D eigenvalue weighted by atomic mass is 35.5. The van der Waals surface area contributed by atoms with Crippen molar-refractivity contribution in [1.29, 1.82) is 0 Å². The summed E-state index contributed by atoms with van der Waals surface area (Å²) in [5.74, 6) is 0.129. The Labute approximate surface area is 170 Å². The predicted molar refractivity (Wildman–Crippen MR) is 108 cm³/mol. The van der Waals surface area contributed by atoms with Gasteiger partial charge in [-0.05, 0) is 43.7 Å². The summed E-state index contributed by atoms with van der Waals surface area (Å²) in [7, 11) is -2.25. The second-order valence-corrected chi connectivity index (χ2v) is 8.98. The van der Waals surface area contributed by atoms with Crippen molar-refractivity contribution in [3.63, 3.8) is 0 Å². The lowest BCUT2D eigenvalue weighted by Gasteiger charge is -2.31. The maximum Gasteiger partial charge on any atom is 0.245 e. The molecule has 1 saturated heterocycles. The van der Waals surface area contributed by atoms with Crippen molar-refractivity contribution in [1.82, 2.24) is 9.21 Å². The number of carbonyl (C=O) groups is 1. The molecular weight excluding hydrogens is 400 g/mol. The van der Waals surface area contributed by atoms with Crippen molar-refractivity contribution in [2.75, 3.05) is 19.5 Å². The zero-order chi connectivity index (χ0) is 20.5. The quantitative estimate of drug-likeness (QED) is 0.694. The summed E-state index contributed by atoms with van der Waals surface area (Å²) in [5.41, 5.74) is 1.65. The van der Waals surface area contributed by atoms with Gasteiger partial charge in [0.25, 0.3) is 0 Å². The molecule has 8 heteroatoms. The number of halogens is 1. The van der Waals surface area contributed by atoms with Crippen molar-refractivity contribution < 1.29 is 17.9 Å². The Morgan fingerprint density at radius 2 is 1.75 bits per heavy atom. The van der Waals surface area contributed by atoms with Crippen LogP contribution in [-0.4, -0.2) is 49.1 Å². The van der Waals surface area contributed by atoms with Gasteiger partial charge in [0.05, 0.1) is 12.0 Å². The fourth-order valence-electron chi connectivity index (χ4n) is 3.46. The molecule has 0 bridgehead atoms. The molecule has 2 aromatic carbocycles. The lowest BCUT2D eigenvalue weighted by Crippen LogP contribution is -2.40. The van der Waals surface area contributed by atoms with Crippen LogP contribution in [0.4, 0.5) is 0 Å². The highest BCUT2D eigenvalue weighted by molar-refractivity contribution is 7.89. The SMILES string of the molecule is COc1ccc([C@H]2N(C(=O)CCl)[C@H](C)CN2S(=O)(=O)c2ccc(C)cc2)cc1. The molecule has 1 fully saturated rings. The largest absolute Gasteiger partial charge is 0.497 e. The minimum Gasteiger partial charge on any atom is -0.497 e. The number of amides is 1. The number of alkyl halides is 1. The first kappa shape index (κ1) is 20.6. The van der Waals surface area contributed by atoms with Crippen LogP contribution in [0.2, 0.25) is 0 Å². The minimum atomic E-state index is -3.81. The van der Waals surface area contributed by atoms with Crippen LogP contribution in [0, 0.1) is 6.92 Å². The molecule has 1 aliphatic rings. The summed E-state index contributed by atoms with van der Waals surface area (Å²) < 4.78 is 33.3. The van der Waals surface area contributed by atoms with Gasteiger partial charge in [0, 0.05) is 12.6 Å². The van der Waals surface area contributed by atoms with Crippen LogP contribution >= 0.6 is 11.6 Å². The Bertz CT molecular complexity index is 945. The van der Waals surface area contributed by atoms with Gasteiger partial charge < -0.3 is 9.64 Å². The van der Waals surface area contributed by atoms with E-state index in [1.165, 1.54) is 4.31 Å². The molecule has 28 heavy (non-hydrogen) atoms. The van der Waals surface area contributed by atoms with Gasteiger partial charge in [0.2, 0.25) is 15.9 Å². The minimum absolute atomic E-state index is 0.190. The third kappa shape index (κ3) is 3.74. The molecule has 0 aromatic heterocycles. The normalized spacial score (nSPS) is 20.4. The van der Waals surface area contributed by atoms with E-state index in [-0.39, 0.29) is 29.3 Å². The summed E-state index contributed by atoms with van der Waals surface area (Å²) in [6.45, 7) is 3.91. The number of hydrogen-bond donors (Lipinski definition) is 0. The standard InChI is InChI=1S/C20H23ClN2O4S/c1-14-4-10-18(11-5-14)28(25,26)22-13-15(2)23(19(24)12-21)20(22)16-6-8-17(27-3)9-7-16/h4-11,15,20H,12-13H2,1-3H3/t15-,20-/m1/s1. The Hall–Kier alpha value is -2.09. The Kier molecular flexibility index (Phi) is 5.98. The molecule has 1 heterocycles. The zero-order valence-corrected chi connectivity index (χ0v) is 17.6. The van der Waals surface area contributed by atoms with Gasteiger partial charge in [-0.15, -0.1) is 11.6 Å². The van der Waals surface area contributed by atoms with Crippen molar-refractivity contribution in [3.05, 3.63) is 59.7 Å². The van der Waals surface area contributed by atoms with E-state index in [1.807, 2.05) is 13.8 Å². The lowest BCUT2D eigenvalue weighted by molar-refractivity contribution is -0.131. The van der Waals surface area contributed by atoms with Crippen molar-refractivity contribution in [2.45, 2.75) is 31.0 Å². The highest BCUT2D eigenvalue weighted by Gasteiger charge is 2.46. The third-order valence-electron chi connectivity index (χ3n) is 4.90. The molecule has 2 aromatic rings. The first-order valence-corrected chi connectivity index (χ1v) is 10.9. The van der Waals surface area contributed by atoms with Crippen molar-refractivity contribution in [2.24, 2.45) is 0 Å². The molecule has 0 N–H and O–H groups in total. The number of nitrogens with zero attached hydrogens (tertiary/aromatic N) is 2. The van der Waals surface area contributed by atoms with Gasteiger partial charge >= 0.3 is 0 Å². The molecule has 3 rings (SSSR count). The van der Waals surface area contributed by atoms with E-state index in [9.17, 15) is 13.2 Å². The zero-order valence-electron chi connectivity index (χ0n) is 16.0. The fourth-order valence-corrected chi connectivity index (χ4v) is 5.24. The molecule has 1 amide bonds. The van der Waals surface area contributed by atoms with Crippen LogP contribution in [-0.2, 0) is 14.8 Å². The Morgan fingerprint density at radius 1 is 1.14 bits per heavy atom. The second-order valence-electron chi connectivity index (χ2n) is 6.82. The first-order valence-electron chi connectivity index (χ1n) is 8.89. The summed E-state index contributed by atoms with van der Waals surface area (Å²) in [6.07, 6.45) is -0.765. The van der Waals surface area contributed by atoms with Gasteiger partial charge in [0.15, 0.2) is 0 Å². The molecule has 0 aliphatic carbocycles. The van der Waals surface area contributed by atoms with Crippen molar-refractivity contribution >= 4 is 27.5 Å². The number of methoxy groups -OCH3 is 1. The van der Waals surface area contributed by atoms with Crippen LogP contribution in [0.25, 0.3) is 0 Å². The van der Waals surface area contributed by atoms with Gasteiger partial charge in [-0.1, -0.05) is 29.8 Å². The van der Waals surface area contributed by atoms with Gasteiger partial charge in [-0.25, -0.2) is 8.42 Å². The molecule has 0 unspecified atom stereocenters. The number of ether oxygens (including phenoxy) is 1. The van der Waals surface area contributed by atoms with E-state index in [0.717, 1.165) is 5.56 Å². The summed E-state index contributed by atoms with van der Waals surface area (Å²) in [4.78, 5) is 14.3. The van der Waals surface area contributed by atoms with Crippen LogP contribution < -0.4 is 4.74 Å². The molecule has 0 spiro atoms. The van der Waals surface area contributed by atoms with Crippen LogP contribution in [0.1, 0.15) is 24.2 Å². The van der Waals surface area contributed by atoms with Gasteiger partial charge in [0.1, 0.15) is 17.8 Å². The summed E-state index contributed by atoms with van der Waals surface area (Å²) in [6, 6.07) is 13.4. The number of aryl methyl sites for hydroxylation is 1. The van der Waals surface area contributed by atoms with Gasteiger partial charge in [-0.3, -0.25) is 4.79 Å². The number of sulfonamides is 1. The van der Waals surface area contributed by atoms with Crippen molar-refractivity contribution in [3.8, 4) is 5.75 Å². The average molecular weight is 423 g/mol. The molecule has 150 valence electrons. The van der Waals surface area contributed by atoms with E-state index in [1.54, 1.807) is 60.5 Å². The van der Waals surface area contributed by atoms with E-state index in [4.69, 9.17) is 16.3 Å². The number of carbonyl (C=O) groups excluding carboxylic acids is 1. The fraction of sp³-hybridized carbons (Fsp3) is 0.350. The molecule has 0 radical (unpaired) electrons. The number of hydrogen-bond acceptors (Lipinski definition) is 4. The van der Waals surface area contributed by atoms with Crippen LogP contribution in [0.3, 0.4) is 0 Å². The monoisotopic (exact) mass is 422 g/mol. The lowest BCUT2D eigenvalue weighted by atomic mass is 10.1. The highest BCUT2D eigenvalue weighted by Crippen LogP contribution is 2.38. The molecule has 6 nitrogen and oxygen atoms in total. The van der Waals surface area contributed by atoms with E-state index in [2.05, 4.69) is 0 Å². The van der Waals surface area contributed by atoms with Crippen LogP contribution in [0.5, 0.6) is 5.75 Å². The van der Waals surface area contributed by atoms with E-state index in [0.29, 0.717) is 11.3 Å². The van der Waals surface area contributed by atoms with Crippen LogP contribution in [0.15, 0.2) is 53.4 Å². The first-order chi connectivity index (χ1) is 13.3.